The molecule has 0 unspecified atom stereocenters. The number of fused-ring (bicyclic) bond motifs is 3. The maximum Gasteiger partial charge on any atom is 0.187 e. The van der Waals surface area contributed by atoms with Gasteiger partial charge in [0.2, 0.25) is 0 Å². The van der Waals surface area contributed by atoms with Crippen LogP contribution in [0.1, 0.15) is 48.9 Å². The summed E-state index contributed by atoms with van der Waals surface area (Å²) in [6.45, 7) is 2.49. The van der Waals surface area contributed by atoms with Crippen LogP contribution in [0, 0.1) is 0 Å². The highest BCUT2D eigenvalue weighted by Gasteiger charge is 2.38. The number of hydrogen-bond donors (Lipinski definition) is 1. The van der Waals surface area contributed by atoms with E-state index in [-0.39, 0.29) is 18.1 Å². The van der Waals surface area contributed by atoms with E-state index >= 15 is 0 Å². The van der Waals surface area contributed by atoms with Crippen LogP contribution < -0.4 is 9.47 Å². The Labute approximate surface area is 179 Å². The third kappa shape index (κ3) is 3.83. The lowest BCUT2D eigenvalue weighted by Crippen LogP contribution is -2.34. The molecule has 2 aromatic rings. The molecule has 2 aliphatic rings. The third-order valence-corrected chi connectivity index (χ3v) is 6.34. The van der Waals surface area contributed by atoms with Crippen LogP contribution in [0.5, 0.6) is 11.5 Å². The average molecular weight is 434 g/mol. The van der Waals surface area contributed by atoms with Crippen molar-refractivity contribution in [1.29, 1.82) is 0 Å². The van der Waals surface area contributed by atoms with Gasteiger partial charge in [0.25, 0.3) is 0 Å². The van der Waals surface area contributed by atoms with Crippen LogP contribution >= 0.6 is 23.4 Å². The minimum Gasteiger partial charge on any atom is -0.493 e. The number of halogens is 1. The van der Waals surface area contributed by atoms with Crippen molar-refractivity contribution in [2.75, 3.05) is 20.0 Å². The summed E-state index contributed by atoms with van der Waals surface area (Å²) in [5, 5.41) is 11.4. The fourth-order valence-electron chi connectivity index (χ4n) is 4.18. The number of thioether (sulfide) groups is 1. The quantitative estimate of drug-likeness (QED) is 0.564. The number of ether oxygens (including phenoxy) is 2. The predicted molar refractivity (Wildman–Crippen MR) is 115 cm³/mol. The van der Waals surface area contributed by atoms with E-state index in [1.54, 1.807) is 13.3 Å². The molecule has 29 heavy (non-hydrogen) atoms. The molecule has 154 valence electrons. The SMILES string of the molecule is CCOc1cc2c(cc1OC)C(c1nc(SC)ncc1Cl)=N[C@@H]1CC[C@@H](O)C[C@H]21. The lowest BCUT2D eigenvalue weighted by atomic mass is 9.74. The first-order chi connectivity index (χ1) is 14.0. The first-order valence-electron chi connectivity index (χ1n) is 9.73. The van der Waals surface area contributed by atoms with E-state index in [1.807, 2.05) is 25.3 Å². The summed E-state index contributed by atoms with van der Waals surface area (Å²) < 4.78 is 11.4. The van der Waals surface area contributed by atoms with Gasteiger partial charge in [0, 0.05) is 11.5 Å². The van der Waals surface area contributed by atoms with Crippen LogP contribution in [0.2, 0.25) is 5.02 Å². The molecule has 1 aromatic carbocycles. The van der Waals surface area contributed by atoms with Crippen molar-refractivity contribution in [2.45, 2.75) is 49.4 Å². The lowest BCUT2D eigenvalue weighted by Gasteiger charge is -2.37. The zero-order valence-corrected chi connectivity index (χ0v) is 18.3. The second-order valence-electron chi connectivity index (χ2n) is 7.19. The first-order valence-corrected chi connectivity index (χ1v) is 11.3. The van der Waals surface area contributed by atoms with E-state index in [4.69, 9.17) is 26.1 Å². The molecule has 4 rings (SSSR count). The zero-order valence-electron chi connectivity index (χ0n) is 16.7. The number of nitrogens with zero attached hydrogens (tertiary/aromatic N) is 3. The third-order valence-electron chi connectivity index (χ3n) is 5.50. The predicted octanol–water partition coefficient (Wildman–Crippen LogP) is 4.11. The molecule has 0 amide bonds. The molecule has 0 spiro atoms. The Kier molecular flexibility index (Phi) is 5.99. The van der Waals surface area contributed by atoms with Gasteiger partial charge in [0.15, 0.2) is 16.7 Å². The van der Waals surface area contributed by atoms with Gasteiger partial charge in [0.1, 0.15) is 5.69 Å². The number of benzene rings is 1. The molecule has 1 aliphatic carbocycles. The topological polar surface area (TPSA) is 76.8 Å². The van der Waals surface area contributed by atoms with Crippen LogP contribution in [0.25, 0.3) is 0 Å². The molecule has 1 aliphatic heterocycles. The molecule has 8 heteroatoms. The molecule has 3 atom stereocenters. The van der Waals surface area contributed by atoms with Gasteiger partial charge in [-0.15, -0.1) is 0 Å². The Morgan fingerprint density at radius 3 is 2.83 bits per heavy atom. The number of hydrogen-bond acceptors (Lipinski definition) is 7. The summed E-state index contributed by atoms with van der Waals surface area (Å²) in [6, 6.07) is 4.06. The molecule has 0 bridgehead atoms. The van der Waals surface area contributed by atoms with Gasteiger partial charge in [-0.1, -0.05) is 23.4 Å². The van der Waals surface area contributed by atoms with E-state index in [0.717, 1.165) is 29.7 Å². The van der Waals surface area contributed by atoms with Crippen LogP contribution in [-0.2, 0) is 0 Å². The van der Waals surface area contributed by atoms with Gasteiger partial charge in [-0.05, 0) is 50.1 Å². The van der Waals surface area contributed by atoms with Crippen molar-refractivity contribution in [1.82, 2.24) is 9.97 Å². The summed E-state index contributed by atoms with van der Waals surface area (Å²) >= 11 is 7.96. The molecule has 1 N–H and O–H groups in total. The van der Waals surface area contributed by atoms with Gasteiger partial charge in [-0.25, -0.2) is 9.97 Å². The van der Waals surface area contributed by atoms with Crippen molar-refractivity contribution in [3.05, 3.63) is 40.2 Å². The number of methoxy groups -OCH3 is 1. The van der Waals surface area contributed by atoms with Crippen molar-refractivity contribution in [3.63, 3.8) is 0 Å². The number of aliphatic hydroxyl groups is 1. The second kappa shape index (κ2) is 8.50. The molecule has 2 heterocycles. The highest BCUT2D eigenvalue weighted by atomic mass is 35.5. The van der Waals surface area contributed by atoms with E-state index < -0.39 is 0 Å². The Morgan fingerprint density at radius 1 is 1.28 bits per heavy atom. The summed E-state index contributed by atoms with van der Waals surface area (Å²) in [5.41, 5.74) is 3.40. The molecular formula is C21H24ClN3O3S. The largest absolute Gasteiger partial charge is 0.493 e. The van der Waals surface area contributed by atoms with E-state index in [1.165, 1.54) is 11.8 Å². The smallest absolute Gasteiger partial charge is 0.187 e. The van der Waals surface area contributed by atoms with Crippen LogP contribution in [0.15, 0.2) is 28.5 Å². The standard InChI is InChI=1S/C21H24ClN3O3S/c1-4-28-18-8-12-13-7-11(26)5-6-16(13)24-19(14(12)9-17(18)27-2)20-15(22)10-23-21(25-20)29-3/h8-11,13,16,26H,4-7H2,1-3H3/t11-,13-,16-/m1/s1. The van der Waals surface area contributed by atoms with Gasteiger partial charge in [0.05, 0.1) is 42.8 Å². The number of rotatable bonds is 5. The maximum absolute atomic E-state index is 10.3. The first kappa shape index (κ1) is 20.4. The molecule has 6 nitrogen and oxygen atoms in total. The van der Waals surface area contributed by atoms with Gasteiger partial charge >= 0.3 is 0 Å². The van der Waals surface area contributed by atoms with Gasteiger partial charge in [-0.2, -0.15) is 0 Å². The Hall–Kier alpha value is -1.83. The Bertz CT molecular complexity index is 953. The van der Waals surface area contributed by atoms with E-state index in [2.05, 4.69) is 9.97 Å². The number of aromatic nitrogens is 2. The monoisotopic (exact) mass is 433 g/mol. The van der Waals surface area contributed by atoms with Crippen molar-refractivity contribution in [2.24, 2.45) is 4.99 Å². The van der Waals surface area contributed by atoms with Crippen molar-refractivity contribution in [3.8, 4) is 11.5 Å². The van der Waals surface area contributed by atoms with E-state index in [0.29, 0.717) is 40.4 Å². The summed E-state index contributed by atoms with van der Waals surface area (Å²) in [5.74, 6) is 1.47. The summed E-state index contributed by atoms with van der Waals surface area (Å²) in [6.07, 6.45) is 5.49. The average Bonchev–Trinajstić information content (AvgIpc) is 2.73. The summed E-state index contributed by atoms with van der Waals surface area (Å²) in [7, 11) is 1.63. The fourth-order valence-corrected chi connectivity index (χ4v) is 4.70. The van der Waals surface area contributed by atoms with Crippen molar-refractivity contribution >= 4 is 29.1 Å². The molecular weight excluding hydrogens is 410 g/mol. The zero-order chi connectivity index (χ0) is 20.5. The molecule has 0 radical (unpaired) electrons. The van der Waals surface area contributed by atoms with Gasteiger partial charge in [-0.3, -0.25) is 4.99 Å². The maximum atomic E-state index is 10.3. The minimum atomic E-state index is -0.316. The minimum absolute atomic E-state index is 0.0764. The second-order valence-corrected chi connectivity index (χ2v) is 8.38. The van der Waals surface area contributed by atoms with Crippen molar-refractivity contribution < 1.29 is 14.6 Å². The molecule has 1 fully saturated rings. The Balaban J connectivity index is 1.92. The van der Waals surface area contributed by atoms with Crippen LogP contribution in [0.3, 0.4) is 0 Å². The van der Waals surface area contributed by atoms with Crippen LogP contribution in [0.4, 0.5) is 0 Å². The fraction of sp³-hybridized carbons (Fsp3) is 0.476. The summed E-state index contributed by atoms with van der Waals surface area (Å²) in [4.78, 5) is 14.0. The molecule has 0 saturated heterocycles. The Morgan fingerprint density at radius 2 is 2.10 bits per heavy atom. The molecule has 1 saturated carbocycles. The number of aliphatic hydroxyl groups excluding tert-OH is 1. The molecule has 1 aromatic heterocycles. The van der Waals surface area contributed by atoms with Crippen LogP contribution in [-0.4, -0.2) is 52.9 Å². The highest BCUT2D eigenvalue weighted by molar-refractivity contribution is 7.98. The number of aliphatic imine (C=N–C) groups is 1. The lowest BCUT2D eigenvalue weighted by molar-refractivity contribution is 0.111. The highest BCUT2D eigenvalue weighted by Crippen LogP contribution is 2.45. The van der Waals surface area contributed by atoms with E-state index in [9.17, 15) is 5.11 Å². The van der Waals surface area contributed by atoms with Gasteiger partial charge < -0.3 is 14.6 Å². The normalized spacial score (nSPS) is 23.1.